The second kappa shape index (κ2) is 13.8. The maximum atomic E-state index is 14.0. The summed E-state index contributed by atoms with van der Waals surface area (Å²) in [5, 5.41) is 5.32. The van der Waals surface area contributed by atoms with E-state index in [4.69, 9.17) is 49.0 Å². The number of rotatable bonds is 11. The summed E-state index contributed by atoms with van der Waals surface area (Å²) in [4.78, 5) is 13.0. The second-order valence-electron chi connectivity index (χ2n) is 9.40. The summed E-state index contributed by atoms with van der Waals surface area (Å²) >= 11 is 18.7. The molecule has 1 N–H and O–H groups in total. The first-order valence-corrected chi connectivity index (χ1v) is 15.5. The Morgan fingerprint density at radius 1 is 0.886 bits per heavy atom. The number of sulfonamides is 1. The van der Waals surface area contributed by atoms with Crippen molar-refractivity contribution >= 4 is 62.6 Å². The molecule has 0 bridgehead atoms. The van der Waals surface area contributed by atoms with Crippen LogP contribution in [0.1, 0.15) is 17.0 Å². The predicted octanol–water partition coefficient (Wildman–Crippen LogP) is 6.43. The molecule has 10 nitrogen and oxygen atoms in total. The molecule has 0 aliphatic rings. The van der Waals surface area contributed by atoms with Gasteiger partial charge in [-0.1, -0.05) is 34.8 Å². The summed E-state index contributed by atoms with van der Waals surface area (Å²) in [7, 11) is -0.155. The lowest BCUT2D eigenvalue weighted by atomic mass is 10.2. The van der Waals surface area contributed by atoms with Crippen LogP contribution < -0.4 is 23.9 Å². The molecule has 0 saturated carbocycles. The van der Waals surface area contributed by atoms with Crippen LogP contribution in [0.25, 0.3) is 5.69 Å². The highest BCUT2D eigenvalue weighted by Gasteiger charge is 2.31. The average Bonchev–Trinajstić information content (AvgIpc) is 3.27. The first-order chi connectivity index (χ1) is 20.9. The fraction of sp³-hybridized carbons (Fsp3) is 0.200. The van der Waals surface area contributed by atoms with Crippen LogP contribution in [0.2, 0.25) is 15.1 Å². The first kappa shape index (κ1) is 33.0. The largest absolute Gasteiger partial charge is 0.495 e. The van der Waals surface area contributed by atoms with Crippen molar-refractivity contribution in [2.24, 2.45) is 5.10 Å². The predicted molar refractivity (Wildman–Crippen MR) is 173 cm³/mol. The van der Waals surface area contributed by atoms with Crippen molar-refractivity contribution in [1.82, 2.24) is 9.99 Å². The minimum atomic E-state index is -4.36. The highest BCUT2D eigenvalue weighted by atomic mass is 35.5. The summed E-state index contributed by atoms with van der Waals surface area (Å²) in [6.07, 6.45) is 1.47. The number of ether oxygens (including phenoxy) is 3. The number of aromatic nitrogens is 1. The number of methoxy groups -OCH3 is 3. The van der Waals surface area contributed by atoms with Crippen molar-refractivity contribution in [2.45, 2.75) is 18.7 Å². The van der Waals surface area contributed by atoms with Gasteiger partial charge < -0.3 is 18.8 Å². The van der Waals surface area contributed by atoms with Crippen molar-refractivity contribution in [3.8, 4) is 22.9 Å². The number of halogens is 3. The van der Waals surface area contributed by atoms with E-state index in [2.05, 4.69) is 10.5 Å². The van der Waals surface area contributed by atoms with Crippen molar-refractivity contribution in [1.29, 1.82) is 0 Å². The molecule has 44 heavy (non-hydrogen) atoms. The molecule has 0 spiro atoms. The van der Waals surface area contributed by atoms with Gasteiger partial charge in [-0.2, -0.15) is 5.10 Å². The van der Waals surface area contributed by atoms with Crippen LogP contribution in [0.5, 0.6) is 17.2 Å². The van der Waals surface area contributed by atoms with E-state index in [1.54, 1.807) is 18.2 Å². The molecule has 1 aromatic heterocycles. The molecule has 0 fully saturated rings. The standard InChI is InChI=1S/C30H29Cl3N4O6S/c1-18-12-20(19(2)37(18)25-9-6-21(31)13-24(25)33)16-34-35-30(38)17-36(26-14-22(32)7-10-27(26)41-3)44(39,40)23-8-11-28(42-4)29(15-23)43-5/h6-16H,17H2,1-5H3,(H,35,38)/b34-16-. The molecule has 232 valence electrons. The fourth-order valence-corrected chi connectivity index (χ4v) is 6.65. The number of nitrogens with one attached hydrogen (secondary N) is 1. The number of carbonyl (C=O) groups excluding carboxylic acids is 1. The van der Waals surface area contributed by atoms with Crippen LogP contribution in [0.15, 0.2) is 70.7 Å². The Hall–Kier alpha value is -3.90. The summed E-state index contributed by atoms with van der Waals surface area (Å²) in [6.45, 7) is 3.14. The molecule has 0 aliphatic heterocycles. The van der Waals surface area contributed by atoms with Crippen LogP contribution in [-0.4, -0.2) is 53.0 Å². The summed E-state index contributed by atoms with van der Waals surface area (Å²) < 4.78 is 46.7. The van der Waals surface area contributed by atoms with E-state index in [-0.39, 0.29) is 27.1 Å². The molecule has 0 radical (unpaired) electrons. The Balaban J connectivity index is 1.64. The Bertz CT molecular complexity index is 1840. The highest BCUT2D eigenvalue weighted by Crippen LogP contribution is 2.37. The zero-order valence-electron chi connectivity index (χ0n) is 24.4. The first-order valence-electron chi connectivity index (χ1n) is 13.0. The van der Waals surface area contributed by atoms with Gasteiger partial charge in [-0.25, -0.2) is 13.8 Å². The van der Waals surface area contributed by atoms with Crippen LogP contribution in [0.4, 0.5) is 5.69 Å². The third-order valence-corrected chi connectivity index (χ3v) is 9.18. The normalized spacial score (nSPS) is 11.5. The maximum Gasteiger partial charge on any atom is 0.265 e. The number of carbonyl (C=O) groups is 1. The van der Waals surface area contributed by atoms with Gasteiger partial charge in [-0.05, 0) is 68.4 Å². The van der Waals surface area contributed by atoms with Gasteiger partial charge in [0.2, 0.25) is 0 Å². The molecule has 4 aromatic rings. The Morgan fingerprint density at radius 2 is 1.52 bits per heavy atom. The molecule has 0 saturated heterocycles. The van der Waals surface area contributed by atoms with E-state index in [0.29, 0.717) is 21.4 Å². The molecule has 0 aliphatic carbocycles. The molecule has 3 aromatic carbocycles. The third kappa shape index (κ3) is 6.91. The molecule has 1 heterocycles. The number of anilines is 1. The van der Waals surface area contributed by atoms with Gasteiger partial charge >= 0.3 is 0 Å². The van der Waals surface area contributed by atoms with Crippen LogP contribution in [0, 0.1) is 13.8 Å². The number of aryl methyl sites for hydroxylation is 1. The van der Waals surface area contributed by atoms with E-state index >= 15 is 0 Å². The number of nitrogens with zero attached hydrogens (tertiary/aromatic N) is 3. The molecule has 4 rings (SSSR count). The number of hydrogen-bond donors (Lipinski definition) is 1. The summed E-state index contributed by atoms with van der Waals surface area (Å²) in [5.41, 5.74) is 5.60. The molecular formula is C30H29Cl3N4O6S. The quantitative estimate of drug-likeness (QED) is 0.145. The van der Waals surface area contributed by atoms with Crippen LogP contribution >= 0.6 is 34.8 Å². The van der Waals surface area contributed by atoms with E-state index in [9.17, 15) is 13.2 Å². The number of benzene rings is 3. The van der Waals surface area contributed by atoms with Crippen molar-refractivity contribution in [3.05, 3.63) is 92.7 Å². The zero-order chi connectivity index (χ0) is 32.2. The Morgan fingerprint density at radius 3 is 2.18 bits per heavy atom. The molecule has 1 amide bonds. The van der Waals surface area contributed by atoms with Gasteiger partial charge in [0, 0.05) is 33.1 Å². The Kier molecular flexibility index (Phi) is 10.4. The van der Waals surface area contributed by atoms with Crippen molar-refractivity contribution in [2.75, 3.05) is 32.2 Å². The van der Waals surface area contributed by atoms with Crippen LogP contribution in [-0.2, 0) is 14.8 Å². The second-order valence-corrected chi connectivity index (χ2v) is 12.5. The van der Waals surface area contributed by atoms with Crippen molar-refractivity contribution < 1.29 is 27.4 Å². The summed E-state index contributed by atoms with van der Waals surface area (Å²) in [6, 6.07) is 15.6. The lowest BCUT2D eigenvalue weighted by Crippen LogP contribution is -2.39. The number of hydrogen-bond acceptors (Lipinski definition) is 7. The smallest absolute Gasteiger partial charge is 0.265 e. The van der Waals surface area contributed by atoms with Gasteiger partial charge in [0.25, 0.3) is 15.9 Å². The van der Waals surface area contributed by atoms with Gasteiger partial charge in [-0.3, -0.25) is 9.10 Å². The van der Waals surface area contributed by atoms with Gasteiger partial charge in [-0.15, -0.1) is 0 Å². The Labute approximate surface area is 270 Å². The zero-order valence-corrected chi connectivity index (χ0v) is 27.5. The van der Waals surface area contributed by atoms with E-state index in [0.717, 1.165) is 21.4 Å². The number of hydrazone groups is 1. The topological polar surface area (TPSA) is 111 Å². The van der Waals surface area contributed by atoms with Gasteiger partial charge in [0.1, 0.15) is 12.3 Å². The monoisotopic (exact) mass is 678 g/mol. The lowest BCUT2D eigenvalue weighted by Gasteiger charge is -2.25. The SMILES string of the molecule is COc1ccc(S(=O)(=O)N(CC(=O)N/N=C\c2cc(C)n(-c3ccc(Cl)cc3Cl)c2C)c2cc(Cl)ccc2OC)cc1OC. The lowest BCUT2D eigenvalue weighted by molar-refractivity contribution is -0.119. The minimum Gasteiger partial charge on any atom is -0.495 e. The minimum absolute atomic E-state index is 0.0531. The van der Waals surface area contributed by atoms with E-state index in [1.165, 1.54) is 57.9 Å². The fourth-order valence-electron chi connectivity index (χ4n) is 4.55. The number of amides is 1. The van der Waals surface area contributed by atoms with Crippen LogP contribution in [0.3, 0.4) is 0 Å². The average molecular weight is 680 g/mol. The van der Waals surface area contributed by atoms with Gasteiger partial charge in [0.15, 0.2) is 11.5 Å². The maximum absolute atomic E-state index is 14.0. The molecule has 0 unspecified atom stereocenters. The van der Waals surface area contributed by atoms with E-state index < -0.39 is 22.5 Å². The molecular weight excluding hydrogens is 651 g/mol. The van der Waals surface area contributed by atoms with E-state index in [1.807, 2.05) is 30.5 Å². The molecule has 14 heteroatoms. The van der Waals surface area contributed by atoms with Gasteiger partial charge in [0.05, 0.1) is 48.8 Å². The highest BCUT2D eigenvalue weighted by molar-refractivity contribution is 7.92. The van der Waals surface area contributed by atoms with Crippen molar-refractivity contribution in [3.63, 3.8) is 0 Å². The third-order valence-electron chi connectivity index (χ3n) is 6.65. The molecule has 0 atom stereocenters. The summed E-state index contributed by atoms with van der Waals surface area (Å²) in [5.74, 6) is -0.00817.